The van der Waals surface area contributed by atoms with Crippen molar-refractivity contribution in [3.63, 3.8) is 0 Å². The number of phenolic OH excluding ortho intramolecular Hbond substituents is 2. The maximum atomic E-state index is 12.5. The number of carbonyl (C=O) groups excluding carboxylic acids is 1. The summed E-state index contributed by atoms with van der Waals surface area (Å²) >= 11 is 0. The van der Waals surface area contributed by atoms with Crippen molar-refractivity contribution >= 4 is 5.97 Å². The average Bonchev–Trinajstić information content (AvgIpc) is 2.92. The number of esters is 1. The van der Waals surface area contributed by atoms with Crippen molar-refractivity contribution in [2.45, 2.75) is 12.5 Å². The topological polar surface area (TPSA) is 66.8 Å². The Kier molecular flexibility index (Phi) is 3.29. The zero-order chi connectivity index (χ0) is 17.6. The summed E-state index contributed by atoms with van der Waals surface area (Å²) in [7, 11) is 0. The maximum absolute atomic E-state index is 12.5. The number of ether oxygens (including phenoxy) is 1. The van der Waals surface area contributed by atoms with Gasteiger partial charge in [0.25, 0.3) is 0 Å². The molecule has 124 valence electrons. The van der Waals surface area contributed by atoms with Gasteiger partial charge in [-0.25, -0.2) is 4.79 Å². The van der Waals surface area contributed by atoms with Crippen LogP contribution in [0.4, 0.5) is 0 Å². The predicted octanol–water partition coefficient (Wildman–Crippen LogP) is 3.87. The number of carbonyl (C=O) groups is 1. The van der Waals surface area contributed by atoms with Gasteiger partial charge in [0.05, 0.1) is 5.56 Å². The molecule has 0 aromatic heterocycles. The molecule has 0 spiro atoms. The molecule has 4 nitrogen and oxygen atoms in total. The molecule has 0 bridgehead atoms. The van der Waals surface area contributed by atoms with Crippen molar-refractivity contribution in [2.75, 3.05) is 0 Å². The van der Waals surface area contributed by atoms with E-state index in [0.717, 1.165) is 16.7 Å². The molecule has 4 heteroatoms. The molecule has 2 N–H and O–H groups in total. The number of fused-ring (bicyclic) bond motifs is 1. The fourth-order valence-corrected chi connectivity index (χ4v) is 3.38. The Morgan fingerprint density at radius 2 is 1.56 bits per heavy atom. The van der Waals surface area contributed by atoms with Crippen LogP contribution in [-0.2, 0) is 10.3 Å². The number of phenols is 2. The van der Waals surface area contributed by atoms with Crippen LogP contribution in [0, 0.1) is 6.92 Å². The summed E-state index contributed by atoms with van der Waals surface area (Å²) in [6.45, 7) is 1.80. The third kappa shape index (κ3) is 2.18. The number of benzene rings is 3. The smallest absolute Gasteiger partial charge is 0.340 e. The van der Waals surface area contributed by atoms with E-state index in [4.69, 9.17) is 4.74 Å². The summed E-state index contributed by atoms with van der Waals surface area (Å²) in [6.07, 6.45) is 0. The molecule has 1 aliphatic rings. The molecule has 0 aliphatic carbocycles. The molecular weight excluding hydrogens is 316 g/mol. The van der Waals surface area contributed by atoms with Crippen LogP contribution in [0.2, 0.25) is 0 Å². The van der Waals surface area contributed by atoms with Crippen LogP contribution >= 0.6 is 0 Å². The maximum Gasteiger partial charge on any atom is 0.340 e. The van der Waals surface area contributed by atoms with Crippen molar-refractivity contribution in [3.05, 3.63) is 94.5 Å². The van der Waals surface area contributed by atoms with Gasteiger partial charge in [0.1, 0.15) is 11.5 Å². The lowest BCUT2D eigenvalue weighted by molar-refractivity contribution is 0.0251. The normalized spacial score (nSPS) is 18.7. The quantitative estimate of drug-likeness (QED) is 0.699. The summed E-state index contributed by atoms with van der Waals surface area (Å²) in [5.74, 6) is -0.0741. The Bertz CT molecular complexity index is 975. The van der Waals surface area contributed by atoms with E-state index < -0.39 is 11.6 Å². The van der Waals surface area contributed by atoms with Gasteiger partial charge < -0.3 is 14.9 Å². The van der Waals surface area contributed by atoms with E-state index in [-0.39, 0.29) is 11.5 Å². The molecule has 25 heavy (non-hydrogen) atoms. The van der Waals surface area contributed by atoms with E-state index in [1.807, 2.05) is 18.2 Å². The second kappa shape index (κ2) is 5.38. The SMILES string of the molecule is Cc1cc(C2(c3ccc(O)cc3)OC(=O)c3ccccc32)ccc1O. The Labute approximate surface area is 144 Å². The lowest BCUT2D eigenvalue weighted by Crippen LogP contribution is -2.29. The highest BCUT2D eigenvalue weighted by Crippen LogP contribution is 2.47. The molecule has 4 rings (SSSR count). The van der Waals surface area contributed by atoms with E-state index in [1.165, 1.54) is 0 Å². The molecule has 0 radical (unpaired) electrons. The molecule has 0 amide bonds. The number of hydrogen-bond acceptors (Lipinski definition) is 4. The second-order valence-corrected chi connectivity index (χ2v) is 6.16. The van der Waals surface area contributed by atoms with E-state index >= 15 is 0 Å². The van der Waals surface area contributed by atoms with Gasteiger partial charge in [-0.1, -0.05) is 36.4 Å². The number of rotatable bonds is 2. The van der Waals surface area contributed by atoms with Crippen molar-refractivity contribution < 1.29 is 19.7 Å². The largest absolute Gasteiger partial charge is 0.508 e. The molecule has 1 heterocycles. The van der Waals surface area contributed by atoms with Crippen LogP contribution < -0.4 is 0 Å². The van der Waals surface area contributed by atoms with Gasteiger partial charge in [0.15, 0.2) is 5.60 Å². The minimum Gasteiger partial charge on any atom is -0.508 e. The van der Waals surface area contributed by atoms with Gasteiger partial charge in [-0.05, 0) is 42.8 Å². The van der Waals surface area contributed by atoms with Crippen molar-refractivity contribution in [1.82, 2.24) is 0 Å². The first-order chi connectivity index (χ1) is 12.0. The Balaban J connectivity index is 2.05. The van der Waals surface area contributed by atoms with Crippen molar-refractivity contribution in [2.24, 2.45) is 0 Å². The van der Waals surface area contributed by atoms with Crippen LogP contribution in [0.3, 0.4) is 0 Å². The lowest BCUT2D eigenvalue weighted by Gasteiger charge is -2.30. The second-order valence-electron chi connectivity index (χ2n) is 6.16. The first kappa shape index (κ1) is 15.3. The first-order valence-electron chi connectivity index (χ1n) is 7.95. The Hall–Kier alpha value is -3.27. The van der Waals surface area contributed by atoms with Gasteiger partial charge in [-0.15, -0.1) is 0 Å². The van der Waals surface area contributed by atoms with Gasteiger partial charge >= 0.3 is 5.97 Å². The Morgan fingerprint density at radius 3 is 2.28 bits per heavy atom. The predicted molar refractivity (Wildman–Crippen MR) is 92.7 cm³/mol. The standard InChI is InChI=1S/C21H16O4/c1-13-12-15(8-11-19(13)23)21(14-6-9-16(22)10-7-14)18-5-3-2-4-17(18)20(24)25-21/h2-12,22-23H,1H3. The van der Waals surface area contributed by atoms with Gasteiger partial charge in [0.2, 0.25) is 0 Å². The van der Waals surface area contributed by atoms with Crippen LogP contribution in [-0.4, -0.2) is 16.2 Å². The fourth-order valence-electron chi connectivity index (χ4n) is 3.38. The third-order valence-electron chi connectivity index (χ3n) is 4.65. The first-order valence-corrected chi connectivity index (χ1v) is 7.95. The lowest BCUT2D eigenvalue weighted by atomic mass is 9.79. The van der Waals surface area contributed by atoms with Gasteiger partial charge in [0, 0.05) is 16.7 Å². The van der Waals surface area contributed by atoms with E-state index in [2.05, 4.69) is 0 Å². The van der Waals surface area contributed by atoms with E-state index in [0.29, 0.717) is 11.1 Å². The molecule has 0 saturated carbocycles. The van der Waals surface area contributed by atoms with Gasteiger partial charge in [-0.3, -0.25) is 0 Å². The molecule has 0 fully saturated rings. The minimum absolute atomic E-state index is 0.137. The number of hydrogen-bond donors (Lipinski definition) is 2. The molecule has 1 aliphatic heterocycles. The van der Waals surface area contributed by atoms with Gasteiger partial charge in [-0.2, -0.15) is 0 Å². The van der Waals surface area contributed by atoms with Crippen molar-refractivity contribution in [3.8, 4) is 11.5 Å². The molecule has 1 atom stereocenters. The Morgan fingerprint density at radius 1 is 0.880 bits per heavy atom. The summed E-state index contributed by atoms with van der Waals surface area (Å²) in [5.41, 5.74) is 2.31. The van der Waals surface area contributed by atoms with Crippen LogP contribution in [0.1, 0.15) is 32.6 Å². The van der Waals surface area contributed by atoms with E-state index in [9.17, 15) is 15.0 Å². The highest BCUT2D eigenvalue weighted by Gasteiger charge is 2.48. The molecule has 0 saturated heterocycles. The molecule has 3 aromatic carbocycles. The van der Waals surface area contributed by atoms with Crippen molar-refractivity contribution in [1.29, 1.82) is 0 Å². The monoisotopic (exact) mass is 332 g/mol. The summed E-state index contributed by atoms with van der Waals surface area (Å²) in [4.78, 5) is 12.5. The summed E-state index contributed by atoms with van der Waals surface area (Å²) in [5, 5.41) is 19.5. The average molecular weight is 332 g/mol. The highest BCUT2D eigenvalue weighted by atomic mass is 16.6. The molecular formula is C21H16O4. The minimum atomic E-state index is -1.11. The number of cyclic esters (lactones) is 1. The number of aromatic hydroxyl groups is 2. The molecule has 1 unspecified atom stereocenters. The zero-order valence-electron chi connectivity index (χ0n) is 13.6. The fraction of sp³-hybridized carbons (Fsp3) is 0.0952. The summed E-state index contributed by atoms with van der Waals surface area (Å²) < 4.78 is 5.92. The third-order valence-corrected chi connectivity index (χ3v) is 4.65. The summed E-state index contributed by atoms with van der Waals surface area (Å²) in [6, 6.07) is 19.1. The van der Waals surface area contributed by atoms with Crippen LogP contribution in [0.25, 0.3) is 0 Å². The van der Waals surface area contributed by atoms with E-state index in [1.54, 1.807) is 55.5 Å². The highest BCUT2D eigenvalue weighted by molar-refractivity contribution is 5.96. The zero-order valence-corrected chi connectivity index (χ0v) is 13.6. The molecule has 3 aromatic rings. The number of aryl methyl sites for hydroxylation is 1. The van der Waals surface area contributed by atoms with Crippen LogP contribution in [0.15, 0.2) is 66.7 Å². The van der Waals surface area contributed by atoms with Crippen LogP contribution in [0.5, 0.6) is 11.5 Å².